The number of anilines is 1. The van der Waals surface area contributed by atoms with Crippen LogP contribution >= 0.6 is 0 Å². The van der Waals surface area contributed by atoms with Crippen LogP contribution in [0.2, 0.25) is 0 Å². The summed E-state index contributed by atoms with van der Waals surface area (Å²) in [7, 11) is 3.30. The molecule has 0 saturated carbocycles. The molecule has 182 valence electrons. The lowest BCUT2D eigenvalue weighted by Gasteiger charge is -2.31. The van der Waals surface area contributed by atoms with Crippen LogP contribution in [-0.4, -0.2) is 44.9 Å². The van der Waals surface area contributed by atoms with Crippen LogP contribution in [0.15, 0.2) is 45.5 Å². The van der Waals surface area contributed by atoms with Gasteiger partial charge in [0.25, 0.3) is 5.56 Å². The van der Waals surface area contributed by atoms with E-state index in [4.69, 9.17) is 15.5 Å². The summed E-state index contributed by atoms with van der Waals surface area (Å²) < 4.78 is 9.95. The zero-order chi connectivity index (χ0) is 24.4. The fourth-order valence-electron chi connectivity index (χ4n) is 4.47. The molecule has 1 aliphatic rings. The standard InChI is InChI=1S/C25H34N6O3/c1-17(2)11-14-30-21-22(27-24(30)29-13-5-6-19(26)16-29)28(3)25(33)31(23(21)32)15-12-18-7-9-20(34-4)10-8-18/h7-11,19H,5-6,12-16,26H2,1-4H3. The normalized spacial score (nSPS) is 16.1. The molecule has 1 fully saturated rings. The molecule has 1 aliphatic heterocycles. The zero-order valence-corrected chi connectivity index (χ0v) is 20.5. The second kappa shape index (κ2) is 9.89. The summed E-state index contributed by atoms with van der Waals surface area (Å²) in [6.45, 7) is 6.34. The first-order valence-electron chi connectivity index (χ1n) is 11.8. The molecular weight excluding hydrogens is 432 g/mol. The van der Waals surface area contributed by atoms with E-state index < -0.39 is 0 Å². The van der Waals surface area contributed by atoms with Gasteiger partial charge in [0.05, 0.1) is 7.11 Å². The number of benzene rings is 1. The molecule has 0 bridgehead atoms. The Labute approximate surface area is 199 Å². The monoisotopic (exact) mass is 466 g/mol. The van der Waals surface area contributed by atoms with E-state index in [1.807, 2.05) is 42.7 Å². The van der Waals surface area contributed by atoms with Crippen LogP contribution in [0.4, 0.5) is 5.95 Å². The van der Waals surface area contributed by atoms with Gasteiger partial charge in [0, 0.05) is 39.3 Å². The summed E-state index contributed by atoms with van der Waals surface area (Å²) in [4.78, 5) is 33.7. The lowest BCUT2D eigenvalue weighted by Crippen LogP contribution is -2.44. The van der Waals surface area contributed by atoms with Crippen molar-refractivity contribution < 1.29 is 4.74 Å². The van der Waals surface area contributed by atoms with E-state index in [2.05, 4.69) is 11.0 Å². The van der Waals surface area contributed by atoms with Crippen molar-refractivity contribution in [3.63, 3.8) is 0 Å². The third kappa shape index (κ3) is 4.65. The molecule has 0 spiro atoms. The van der Waals surface area contributed by atoms with Crippen molar-refractivity contribution in [2.45, 2.75) is 52.2 Å². The predicted molar refractivity (Wildman–Crippen MR) is 135 cm³/mol. The Morgan fingerprint density at radius 2 is 1.94 bits per heavy atom. The molecule has 2 aromatic heterocycles. The van der Waals surface area contributed by atoms with Gasteiger partial charge in [0.15, 0.2) is 11.2 Å². The van der Waals surface area contributed by atoms with Crippen LogP contribution in [0.3, 0.4) is 0 Å². The van der Waals surface area contributed by atoms with Gasteiger partial charge >= 0.3 is 5.69 Å². The Morgan fingerprint density at radius 1 is 1.21 bits per heavy atom. The molecule has 1 aromatic carbocycles. The van der Waals surface area contributed by atoms with E-state index >= 15 is 0 Å². The molecule has 9 heteroatoms. The minimum absolute atomic E-state index is 0.0652. The molecule has 34 heavy (non-hydrogen) atoms. The quantitative estimate of drug-likeness (QED) is 0.535. The molecule has 4 rings (SSSR count). The largest absolute Gasteiger partial charge is 0.497 e. The van der Waals surface area contributed by atoms with Gasteiger partial charge in [-0.25, -0.2) is 4.79 Å². The smallest absolute Gasteiger partial charge is 0.332 e. The van der Waals surface area contributed by atoms with Gasteiger partial charge in [0.1, 0.15) is 5.75 Å². The number of nitrogens with two attached hydrogens (primary N) is 1. The molecule has 9 nitrogen and oxygen atoms in total. The van der Waals surface area contributed by atoms with Crippen molar-refractivity contribution in [2.24, 2.45) is 12.8 Å². The summed E-state index contributed by atoms with van der Waals surface area (Å²) in [6, 6.07) is 7.72. The number of nitrogens with zero attached hydrogens (tertiary/aromatic N) is 5. The van der Waals surface area contributed by atoms with E-state index in [9.17, 15) is 9.59 Å². The van der Waals surface area contributed by atoms with Gasteiger partial charge < -0.3 is 19.9 Å². The summed E-state index contributed by atoms with van der Waals surface area (Å²) in [5.74, 6) is 1.47. The summed E-state index contributed by atoms with van der Waals surface area (Å²) in [6.07, 6.45) is 4.57. The number of aromatic nitrogens is 4. The van der Waals surface area contributed by atoms with Crippen molar-refractivity contribution in [3.05, 3.63) is 62.3 Å². The third-order valence-corrected chi connectivity index (χ3v) is 6.42. The first-order valence-corrected chi connectivity index (χ1v) is 11.8. The highest BCUT2D eigenvalue weighted by atomic mass is 16.5. The Hall–Kier alpha value is -3.33. The van der Waals surface area contributed by atoms with E-state index in [0.717, 1.165) is 36.3 Å². The lowest BCUT2D eigenvalue weighted by atomic mass is 10.1. The SMILES string of the molecule is COc1ccc(CCn2c(=O)c3c(nc(N4CCCC(N)C4)n3CC=C(C)C)n(C)c2=O)cc1. The van der Waals surface area contributed by atoms with Crippen LogP contribution in [0, 0.1) is 0 Å². The van der Waals surface area contributed by atoms with Crippen LogP contribution in [0.1, 0.15) is 32.3 Å². The van der Waals surface area contributed by atoms with Gasteiger partial charge in [-0.1, -0.05) is 23.8 Å². The second-order valence-corrected chi connectivity index (χ2v) is 9.22. The number of rotatable bonds is 7. The highest BCUT2D eigenvalue weighted by molar-refractivity contribution is 5.74. The highest BCUT2D eigenvalue weighted by Crippen LogP contribution is 2.23. The Bertz CT molecular complexity index is 1310. The van der Waals surface area contributed by atoms with Gasteiger partial charge in [-0.15, -0.1) is 0 Å². The highest BCUT2D eigenvalue weighted by Gasteiger charge is 2.26. The fraction of sp³-hybridized carbons (Fsp3) is 0.480. The van der Waals surface area contributed by atoms with Crippen LogP contribution in [0.5, 0.6) is 5.75 Å². The number of hydrogen-bond donors (Lipinski definition) is 1. The average molecular weight is 467 g/mol. The summed E-state index contributed by atoms with van der Waals surface area (Å²) >= 11 is 0. The first-order chi connectivity index (χ1) is 16.3. The number of imidazole rings is 1. The van der Waals surface area contributed by atoms with Gasteiger partial charge in [0.2, 0.25) is 5.95 Å². The van der Waals surface area contributed by atoms with Crippen molar-refractivity contribution in [1.82, 2.24) is 18.7 Å². The van der Waals surface area contributed by atoms with Crippen molar-refractivity contribution in [3.8, 4) is 5.75 Å². The molecule has 0 amide bonds. The molecule has 1 saturated heterocycles. The Morgan fingerprint density at radius 3 is 2.59 bits per heavy atom. The lowest BCUT2D eigenvalue weighted by molar-refractivity contribution is 0.414. The third-order valence-electron chi connectivity index (χ3n) is 6.42. The predicted octanol–water partition coefficient (Wildman–Crippen LogP) is 2.04. The zero-order valence-electron chi connectivity index (χ0n) is 20.5. The second-order valence-electron chi connectivity index (χ2n) is 9.22. The number of fused-ring (bicyclic) bond motifs is 1. The van der Waals surface area contributed by atoms with E-state index in [-0.39, 0.29) is 23.8 Å². The molecule has 0 radical (unpaired) electrons. The average Bonchev–Trinajstić information content (AvgIpc) is 3.21. The Balaban J connectivity index is 1.80. The fourth-order valence-corrected chi connectivity index (χ4v) is 4.47. The van der Waals surface area contributed by atoms with E-state index in [0.29, 0.717) is 36.6 Å². The maximum absolute atomic E-state index is 13.7. The number of allylic oxidation sites excluding steroid dienone is 2. The molecular formula is C25H34N6O3. The van der Waals surface area contributed by atoms with Crippen molar-refractivity contribution in [1.29, 1.82) is 0 Å². The maximum atomic E-state index is 13.7. The topological polar surface area (TPSA) is 100 Å². The molecule has 1 atom stereocenters. The van der Waals surface area contributed by atoms with Gasteiger partial charge in [-0.05, 0) is 50.8 Å². The van der Waals surface area contributed by atoms with Crippen LogP contribution in [-0.2, 0) is 26.6 Å². The van der Waals surface area contributed by atoms with E-state index in [1.165, 1.54) is 9.13 Å². The number of hydrogen-bond acceptors (Lipinski definition) is 6. The van der Waals surface area contributed by atoms with Crippen LogP contribution in [0.25, 0.3) is 11.2 Å². The number of aryl methyl sites for hydroxylation is 2. The van der Waals surface area contributed by atoms with Gasteiger partial charge in [-0.2, -0.15) is 4.98 Å². The minimum Gasteiger partial charge on any atom is -0.497 e. The minimum atomic E-state index is -0.361. The summed E-state index contributed by atoms with van der Waals surface area (Å²) in [5, 5.41) is 0. The van der Waals surface area contributed by atoms with Crippen molar-refractivity contribution in [2.75, 3.05) is 25.1 Å². The molecule has 3 aromatic rings. The maximum Gasteiger partial charge on any atom is 0.332 e. The van der Waals surface area contributed by atoms with Gasteiger partial charge in [-0.3, -0.25) is 13.9 Å². The summed E-state index contributed by atoms with van der Waals surface area (Å²) in [5.41, 5.74) is 8.58. The number of ether oxygens (including phenoxy) is 1. The van der Waals surface area contributed by atoms with Crippen molar-refractivity contribution >= 4 is 17.1 Å². The number of piperidine rings is 1. The first kappa shape index (κ1) is 23.8. The van der Waals surface area contributed by atoms with E-state index in [1.54, 1.807) is 14.2 Å². The van der Waals surface area contributed by atoms with Crippen LogP contribution < -0.4 is 26.6 Å². The molecule has 2 N–H and O–H groups in total. The molecule has 3 heterocycles. The number of methoxy groups -OCH3 is 1. The Kier molecular flexibility index (Phi) is 6.92. The molecule has 1 unspecified atom stereocenters. The molecule has 0 aliphatic carbocycles.